The van der Waals surface area contributed by atoms with Crippen molar-refractivity contribution in [3.8, 4) is 0 Å². The first kappa shape index (κ1) is 11.7. The first-order chi connectivity index (χ1) is 5.23. The van der Waals surface area contributed by atoms with Crippen LogP contribution in [0.2, 0.25) is 0 Å². The van der Waals surface area contributed by atoms with Gasteiger partial charge < -0.3 is 0 Å². The van der Waals surface area contributed by atoms with Crippen molar-refractivity contribution in [2.75, 3.05) is 5.88 Å². The lowest BCUT2D eigenvalue weighted by molar-refractivity contribution is -0.264. The van der Waals surface area contributed by atoms with Crippen molar-refractivity contribution in [3.63, 3.8) is 0 Å². The van der Waals surface area contributed by atoms with Crippen LogP contribution in [-0.4, -0.2) is 18.0 Å². The van der Waals surface area contributed by atoms with Gasteiger partial charge in [0.2, 0.25) is 0 Å². The van der Waals surface area contributed by atoms with E-state index in [-0.39, 0.29) is 5.88 Å². The van der Waals surface area contributed by atoms with E-state index < -0.39 is 17.7 Å². The first-order valence-electron chi connectivity index (χ1n) is 2.91. The Bertz CT molecular complexity index is 181. The molecular formula is C6H6ClF5. The average Bonchev–Trinajstić information content (AvgIpc) is 1.85. The van der Waals surface area contributed by atoms with Gasteiger partial charge in [0.05, 0.1) is 0 Å². The van der Waals surface area contributed by atoms with Crippen LogP contribution in [0.3, 0.4) is 0 Å². The second kappa shape index (κ2) is 3.60. The molecule has 0 saturated heterocycles. The fourth-order valence-corrected chi connectivity index (χ4v) is 0.699. The molecule has 0 amide bonds. The van der Waals surface area contributed by atoms with Crippen LogP contribution in [0.1, 0.15) is 6.92 Å². The molecule has 0 aromatic rings. The number of hydrogen-bond acceptors (Lipinski definition) is 0. The summed E-state index contributed by atoms with van der Waals surface area (Å²) in [4.78, 5) is 0. The molecule has 0 spiro atoms. The van der Waals surface area contributed by atoms with Crippen molar-refractivity contribution in [3.05, 3.63) is 11.6 Å². The van der Waals surface area contributed by atoms with E-state index in [0.717, 1.165) is 0 Å². The zero-order valence-electron chi connectivity index (χ0n) is 6.05. The van der Waals surface area contributed by atoms with Crippen LogP contribution >= 0.6 is 11.6 Å². The Labute approximate surface area is 71.0 Å². The molecule has 12 heavy (non-hydrogen) atoms. The van der Waals surface area contributed by atoms with Crippen molar-refractivity contribution in [2.45, 2.75) is 19.0 Å². The highest BCUT2D eigenvalue weighted by molar-refractivity contribution is 6.18. The molecule has 0 saturated carbocycles. The number of rotatable bonds is 2. The highest BCUT2D eigenvalue weighted by atomic mass is 35.5. The molecule has 0 fully saturated rings. The van der Waals surface area contributed by atoms with Crippen LogP contribution in [-0.2, 0) is 0 Å². The van der Waals surface area contributed by atoms with E-state index in [0.29, 0.717) is 13.0 Å². The third-order valence-corrected chi connectivity index (χ3v) is 1.39. The number of allylic oxidation sites excluding steroid dienone is 2. The lowest BCUT2D eigenvalue weighted by atomic mass is 10.1. The van der Waals surface area contributed by atoms with Crippen molar-refractivity contribution in [1.29, 1.82) is 0 Å². The van der Waals surface area contributed by atoms with Crippen LogP contribution in [0, 0.1) is 0 Å². The lowest BCUT2D eigenvalue weighted by Crippen LogP contribution is -2.37. The highest BCUT2D eigenvalue weighted by Gasteiger charge is 2.58. The van der Waals surface area contributed by atoms with Gasteiger partial charge in [-0.25, -0.2) is 0 Å². The van der Waals surface area contributed by atoms with Gasteiger partial charge in [0, 0.05) is 11.5 Å². The third-order valence-electron chi connectivity index (χ3n) is 1.23. The second-order valence-electron chi connectivity index (χ2n) is 2.11. The minimum absolute atomic E-state index is 0.364. The van der Waals surface area contributed by atoms with E-state index in [4.69, 9.17) is 11.6 Å². The van der Waals surface area contributed by atoms with Gasteiger partial charge in [-0.3, -0.25) is 0 Å². The maximum absolute atomic E-state index is 12.3. The van der Waals surface area contributed by atoms with Crippen molar-refractivity contribution >= 4 is 11.6 Å². The summed E-state index contributed by atoms with van der Waals surface area (Å²) in [5, 5.41) is 0. The van der Waals surface area contributed by atoms with Crippen LogP contribution < -0.4 is 0 Å². The fraction of sp³-hybridized carbons (Fsp3) is 0.667. The fourth-order valence-electron chi connectivity index (χ4n) is 0.467. The molecule has 0 N–H and O–H groups in total. The molecule has 0 unspecified atom stereocenters. The van der Waals surface area contributed by atoms with Gasteiger partial charge in [0.15, 0.2) is 0 Å². The Kier molecular flexibility index (Phi) is 3.50. The molecule has 6 heteroatoms. The van der Waals surface area contributed by atoms with Gasteiger partial charge >= 0.3 is 12.1 Å². The Balaban J connectivity index is 4.73. The molecule has 0 aliphatic rings. The molecule has 0 aromatic carbocycles. The predicted octanol–water partition coefficient (Wildman–Crippen LogP) is 3.37. The molecule has 0 rings (SSSR count). The van der Waals surface area contributed by atoms with Crippen molar-refractivity contribution in [1.82, 2.24) is 0 Å². The number of halogens is 6. The number of hydrogen-bond donors (Lipinski definition) is 0. The quantitative estimate of drug-likeness (QED) is 0.371. The van der Waals surface area contributed by atoms with E-state index in [1.807, 2.05) is 0 Å². The Morgan fingerprint density at radius 1 is 1.25 bits per heavy atom. The summed E-state index contributed by atoms with van der Waals surface area (Å²) in [6, 6.07) is 0. The zero-order chi connectivity index (χ0) is 9.99. The van der Waals surface area contributed by atoms with Gasteiger partial charge in [-0.2, -0.15) is 22.0 Å². The van der Waals surface area contributed by atoms with Gasteiger partial charge in [0.1, 0.15) is 0 Å². The van der Waals surface area contributed by atoms with E-state index in [1.165, 1.54) is 0 Å². The lowest BCUT2D eigenvalue weighted by Gasteiger charge is -2.19. The van der Waals surface area contributed by atoms with Gasteiger partial charge in [-0.1, -0.05) is 6.08 Å². The van der Waals surface area contributed by atoms with Gasteiger partial charge in [-0.05, 0) is 6.92 Å². The summed E-state index contributed by atoms with van der Waals surface area (Å²) in [7, 11) is 0. The van der Waals surface area contributed by atoms with E-state index in [1.54, 1.807) is 0 Å². The molecular weight excluding hydrogens is 203 g/mol. The topological polar surface area (TPSA) is 0 Å². The maximum atomic E-state index is 12.3. The highest BCUT2D eigenvalue weighted by Crippen LogP contribution is 2.40. The molecule has 0 heterocycles. The van der Waals surface area contributed by atoms with E-state index in [9.17, 15) is 22.0 Å². The Morgan fingerprint density at radius 2 is 1.67 bits per heavy atom. The summed E-state index contributed by atoms with van der Waals surface area (Å²) in [6.07, 6.45) is -4.91. The standard InChI is InChI=1S/C6H6ClF5/c1-4(2-3-7)5(8,9)6(10,11)12/h2H,3H2,1H3/b4-2+. The molecule has 0 aliphatic heterocycles. The number of alkyl halides is 6. The normalized spacial score (nSPS) is 15.1. The minimum atomic E-state index is -5.54. The van der Waals surface area contributed by atoms with Crippen LogP contribution in [0.5, 0.6) is 0 Å². The minimum Gasteiger partial charge on any atom is -0.191 e. The third kappa shape index (κ3) is 2.33. The smallest absolute Gasteiger partial charge is 0.191 e. The average molecular weight is 209 g/mol. The Morgan fingerprint density at radius 3 is 1.92 bits per heavy atom. The molecule has 0 radical (unpaired) electrons. The van der Waals surface area contributed by atoms with Gasteiger partial charge in [0.25, 0.3) is 0 Å². The van der Waals surface area contributed by atoms with Crippen molar-refractivity contribution in [2.24, 2.45) is 0 Å². The van der Waals surface area contributed by atoms with Crippen LogP contribution in [0.4, 0.5) is 22.0 Å². The zero-order valence-corrected chi connectivity index (χ0v) is 6.81. The monoisotopic (exact) mass is 208 g/mol. The second-order valence-corrected chi connectivity index (χ2v) is 2.42. The predicted molar refractivity (Wildman–Crippen MR) is 35.5 cm³/mol. The SMILES string of the molecule is C/C(=C\CCl)C(F)(F)C(F)(F)F. The van der Waals surface area contributed by atoms with Crippen LogP contribution in [0.15, 0.2) is 11.6 Å². The summed E-state index contributed by atoms with van der Waals surface area (Å²) in [6.45, 7) is 0.690. The molecule has 0 atom stereocenters. The van der Waals surface area contributed by atoms with Gasteiger partial charge in [-0.15, -0.1) is 11.6 Å². The summed E-state index contributed by atoms with van der Waals surface area (Å²) in [5.41, 5.74) is -1.08. The van der Waals surface area contributed by atoms with Crippen molar-refractivity contribution < 1.29 is 22.0 Å². The maximum Gasteiger partial charge on any atom is 0.457 e. The van der Waals surface area contributed by atoms with Crippen LogP contribution in [0.25, 0.3) is 0 Å². The van der Waals surface area contributed by atoms with E-state index >= 15 is 0 Å². The molecule has 0 aromatic heterocycles. The molecule has 0 bridgehead atoms. The van der Waals surface area contributed by atoms with E-state index in [2.05, 4.69) is 0 Å². The molecule has 0 aliphatic carbocycles. The molecule has 72 valence electrons. The Hall–Kier alpha value is -0.320. The first-order valence-corrected chi connectivity index (χ1v) is 3.44. The molecule has 0 nitrogen and oxygen atoms in total. The summed E-state index contributed by atoms with van der Waals surface area (Å²) in [5.74, 6) is -5.14. The summed E-state index contributed by atoms with van der Waals surface area (Å²) < 4.78 is 59.2. The largest absolute Gasteiger partial charge is 0.457 e. The summed E-state index contributed by atoms with van der Waals surface area (Å²) >= 11 is 4.98.